The predicted octanol–water partition coefficient (Wildman–Crippen LogP) is 3.09. The molecule has 9 heteroatoms. The largest absolute Gasteiger partial charge is 0.474 e. The lowest BCUT2D eigenvalue weighted by Crippen LogP contribution is -2.45. The van der Waals surface area contributed by atoms with Crippen molar-refractivity contribution in [3.63, 3.8) is 0 Å². The van der Waals surface area contributed by atoms with Gasteiger partial charge in [0.05, 0.1) is 13.1 Å². The van der Waals surface area contributed by atoms with Gasteiger partial charge in [0.25, 0.3) is 0 Å². The molecule has 0 bridgehead atoms. The maximum atomic E-state index is 12.6. The van der Waals surface area contributed by atoms with Gasteiger partial charge < -0.3 is 15.4 Å². The molecule has 0 amide bonds. The summed E-state index contributed by atoms with van der Waals surface area (Å²) >= 11 is 0. The molecule has 1 aliphatic carbocycles. The summed E-state index contributed by atoms with van der Waals surface area (Å²) in [6, 6.07) is 3.76. The van der Waals surface area contributed by atoms with Crippen LogP contribution in [0.15, 0.2) is 23.3 Å². The number of aliphatic imine (C=N–C) groups is 1. The van der Waals surface area contributed by atoms with Crippen LogP contribution in [0.25, 0.3) is 0 Å². The van der Waals surface area contributed by atoms with Crippen LogP contribution in [-0.4, -0.2) is 60.3 Å². The van der Waals surface area contributed by atoms with Crippen LogP contribution in [0.5, 0.6) is 5.88 Å². The number of alkyl halides is 3. The Hall–Kier alpha value is -2.03. The molecule has 6 nitrogen and oxygen atoms in total. The molecule has 2 N–H and O–H groups in total. The van der Waals surface area contributed by atoms with E-state index < -0.39 is 12.7 Å². The molecule has 29 heavy (non-hydrogen) atoms. The number of hydrogen-bond donors (Lipinski definition) is 2. The molecule has 162 valence electrons. The van der Waals surface area contributed by atoms with Gasteiger partial charge in [-0.2, -0.15) is 13.2 Å². The first kappa shape index (κ1) is 21.7. The van der Waals surface area contributed by atoms with E-state index >= 15 is 0 Å². The number of ether oxygens (including phenoxy) is 1. The van der Waals surface area contributed by atoms with E-state index in [0.717, 1.165) is 18.4 Å². The fraction of sp³-hybridized carbons (Fsp3) is 0.700. The lowest BCUT2D eigenvalue weighted by molar-refractivity contribution is -0.143. The van der Waals surface area contributed by atoms with E-state index in [9.17, 15) is 13.2 Å². The molecule has 3 rings (SSSR count). The van der Waals surface area contributed by atoms with Crippen LogP contribution in [0.4, 0.5) is 13.2 Å². The highest BCUT2D eigenvalue weighted by atomic mass is 19.4. The van der Waals surface area contributed by atoms with Crippen LogP contribution in [0.1, 0.15) is 44.6 Å². The van der Waals surface area contributed by atoms with Gasteiger partial charge in [0.2, 0.25) is 5.88 Å². The van der Waals surface area contributed by atoms with E-state index in [-0.39, 0.29) is 12.1 Å². The monoisotopic (exact) mass is 413 g/mol. The highest BCUT2D eigenvalue weighted by molar-refractivity contribution is 5.80. The van der Waals surface area contributed by atoms with Crippen molar-refractivity contribution in [2.45, 2.75) is 63.9 Å². The van der Waals surface area contributed by atoms with Gasteiger partial charge in [-0.15, -0.1) is 0 Å². The summed E-state index contributed by atoms with van der Waals surface area (Å²) in [5.74, 6) is 1.24. The molecule has 0 radical (unpaired) electrons. The molecule has 0 spiro atoms. The molecule has 1 atom stereocenters. The summed E-state index contributed by atoms with van der Waals surface area (Å²) in [4.78, 5) is 10.3. The number of likely N-dealkylation sites (tertiary alicyclic amines) is 1. The number of hydrogen-bond acceptors (Lipinski definition) is 4. The standard InChI is InChI=1S/C20H30F3N5O/c1-2-24-19(27-16-8-10-28(13-16)14-20(21,22)23)26-12-15-7-9-25-18(11-15)29-17-5-3-4-6-17/h7,9,11,16-17H,2-6,8,10,12-14H2,1H3,(H2,24,26,27). The second-order valence-electron chi connectivity index (χ2n) is 7.70. The molecule has 1 aromatic heterocycles. The van der Waals surface area contributed by atoms with Gasteiger partial charge in [0.15, 0.2) is 5.96 Å². The topological polar surface area (TPSA) is 61.8 Å². The number of guanidine groups is 1. The molecule has 1 saturated heterocycles. The van der Waals surface area contributed by atoms with E-state index in [1.165, 1.54) is 17.7 Å². The highest BCUT2D eigenvalue weighted by Gasteiger charge is 2.34. The van der Waals surface area contributed by atoms with Gasteiger partial charge in [0.1, 0.15) is 6.10 Å². The molecule has 1 aliphatic heterocycles. The average Bonchev–Trinajstić information content (AvgIpc) is 3.31. The van der Waals surface area contributed by atoms with Crippen molar-refractivity contribution >= 4 is 5.96 Å². The quantitative estimate of drug-likeness (QED) is 0.531. The Morgan fingerprint density at radius 2 is 2.10 bits per heavy atom. The molecular weight excluding hydrogens is 383 g/mol. The second-order valence-corrected chi connectivity index (χ2v) is 7.70. The lowest BCUT2D eigenvalue weighted by atomic mass is 10.2. The Morgan fingerprint density at radius 1 is 1.31 bits per heavy atom. The summed E-state index contributed by atoms with van der Waals surface area (Å²) in [7, 11) is 0. The first-order valence-corrected chi connectivity index (χ1v) is 10.4. The third kappa shape index (κ3) is 7.38. The molecule has 2 fully saturated rings. The molecular formula is C20H30F3N5O. The first-order valence-electron chi connectivity index (χ1n) is 10.4. The minimum atomic E-state index is -4.16. The first-order chi connectivity index (χ1) is 13.9. The van der Waals surface area contributed by atoms with Crippen molar-refractivity contribution in [2.24, 2.45) is 4.99 Å². The SMILES string of the molecule is CCNC(=NCc1ccnc(OC2CCCC2)c1)NC1CCN(CC(F)(F)F)C1. The average molecular weight is 413 g/mol. The Balaban J connectivity index is 1.54. The molecule has 1 saturated carbocycles. The fourth-order valence-electron chi connectivity index (χ4n) is 3.82. The fourth-order valence-corrected chi connectivity index (χ4v) is 3.82. The van der Waals surface area contributed by atoms with Crippen LogP contribution < -0.4 is 15.4 Å². The zero-order chi connectivity index (χ0) is 20.7. The van der Waals surface area contributed by atoms with Crippen LogP contribution >= 0.6 is 0 Å². The Bertz CT molecular complexity index is 676. The number of nitrogens with one attached hydrogen (secondary N) is 2. The minimum Gasteiger partial charge on any atom is -0.474 e. The highest BCUT2D eigenvalue weighted by Crippen LogP contribution is 2.23. The molecule has 1 unspecified atom stereocenters. The van der Waals surface area contributed by atoms with Crippen molar-refractivity contribution in [1.82, 2.24) is 20.5 Å². The van der Waals surface area contributed by atoms with Gasteiger partial charge in [-0.25, -0.2) is 9.98 Å². The van der Waals surface area contributed by atoms with E-state index in [1.807, 2.05) is 19.1 Å². The normalized spacial score (nSPS) is 21.5. The maximum Gasteiger partial charge on any atom is 0.401 e. The van der Waals surface area contributed by atoms with Crippen molar-refractivity contribution in [2.75, 3.05) is 26.2 Å². The van der Waals surface area contributed by atoms with E-state index in [1.54, 1.807) is 6.20 Å². The summed E-state index contributed by atoms with van der Waals surface area (Å²) < 4.78 is 43.7. The zero-order valence-corrected chi connectivity index (χ0v) is 16.8. The third-order valence-electron chi connectivity index (χ3n) is 5.17. The number of nitrogens with zero attached hydrogens (tertiary/aromatic N) is 3. The molecule has 2 heterocycles. The van der Waals surface area contributed by atoms with E-state index in [0.29, 0.717) is 44.4 Å². The van der Waals surface area contributed by atoms with Gasteiger partial charge in [-0.3, -0.25) is 4.90 Å². The molecule has 2 aliphatic rings. The Morgan fingerprint density at radius 3 is 2.83 bits per heavy atom. The molecule has 1 aromatic rings. The van der Waals surface area contributed by atoms with Crippen molar-refractivity contribution in [1.29, 1.82) is 0 Å². The van der Waals surface area contributed by atoms with E-state index in [4.69, 9.17) is 4.74 Å². The Labute approximate surface area is 169 Å². The Kier molecular flexibility index (Phi) is 7.57. The summed E-state index contributed by atoms with van der Waals surface area (Å²) in [6.45, 7) is 3.01. The van der Waals surface area contributed by atoms with Crippen LogP contribution in [-0.2, 0) is 6.54 Å². The predicted molar refractivity (Wildman–Crippen MR) is 106 cm³/mol. The van der Waals surface area contributed by atoms with Gasteiger partial charge in [-0.1, -0.05) is 0 Å². The number of aromatic nitrogens is 1. The van der Waals surface area contributed by atoms with Gasteiger partial charge in [-0.05, 0) is 50.7 Å². The minimum absolute atomic E-state index is 0.0474. The maximum absolute atomic E-state index is 12.6. The lowest BCUT2D eigenvalue weighted by Gasteiger charge is -2.19. The summed E-state index contributed by atoms with van der Waals surface area (Å²) in [6.07, 6.45) is 3.03. The smallest absolute Gasteiger partial charge is 0.401 e. The van der Waals surface area contributed by atoms with Gasteiger partial charge in [0, 0.05) is 37.9 Å². The number of rotatable bonds is 7. The zero-order valence-electron chi connectivity index (χ0n) is 16.8. The van der Waals surface area contributed by atoms with Crippen molar-refractivity contribution in [3.8, 4) is 5.88 Å². The van der Waals surface area contributed by atoms with E-state index in [2.05, 4.69) is 20.6 Å². The van der Waals surface area contributed by atoms with Crippen molar-refractivity contribution < 1.29 is 17.9 Å². The summed E-state index contributed by atoms with van der Waals surface area (Å²) in [5.41, 5.74) is 0.982. The molecule has 0 aromatic carbocycles. The third-order valence-corrected chi connectivity index (χ3v) is 5.17. The van der Waals surface area contributed by atoms with Crippen LogP contribution in [0, 0.1) is 0 Å². The number of halogens is 3. The van der Waals surface area contributed by atoms with Gasteiger partial charge >= 0.3 is 6.18 Å². The van der Waals surface area contributed by atoms with Crippen LogP contribution in [0.3, 0.4) is 0 Å². The van der Waals surface area contributed by atoms with Crippen molar-refractivity contribution in [3.05, 3.63) is 23.9 Å². The van der Waals surface area contributed by atoms with Crippen LogP contribution in [0.2, 0.25) is 0 Å². The number of pyridine rings is 1. The second kappa shape index (κ2) is 10.1. The summed E-state index contributed by atoms with van der Waals surface area (Å²) in [5, 5.41) is 6.43.